The first-order valence-corrected chi connectivity index (χ1v) is 19.1. The van der Waals surface area contributed by atoms with Crippen LogP contribution in [0.4, 0.5) is 11.4 Å². The Morgan fingerprint density at radius 3 is 1.30 bits per heavy atom. The van der Waals surface area contributed by atoms with E-state index in [2.05, 4.69) is 29.8 Å². The molecular formula is C38H48Cl2N8O6. The van der Waals surface area contributed by atoms with Crippen molar-refractivity contribution < 1.29 is 18.9 Å². The number of ether oxygens (including phenoxy) is 4. The van der Waals surface area contributed by atoms with Gasteiger partial charge in [0.25, 0.3) is 11.1 Å². The van der Waals surface area contributed by atoms with E-state index in [-0.39, 0.29) is 21.2 Å². The Hall–Kier alpha value is -4.50. The summed E-state index contributed by atoms with van der Waals surface area (Å²) in [6.45, 7) is 9.51. The number of aryl methyl sites for hydroxylation is 2. The predicted molar refractivity (Wildman–Crippen MR) is 211 cm³/mol. The molecule has 0 saturated carbocycles. The number of anilines is 2. The van der Waals surface area contributed by atoms with Gasteiger partial charge in [-0.15, -0.1) is 0 Å². The Balaban J connectivity index is 0.913. The topological polar surface area (TPSA) is 120 Å². The number of unbranched alkanes of at least 4 members (excludes halogenated alkanes) is 1. The first-order chi connectivity index (χ1) is 26.4. The first-order valence-electron chi connectivity index (χ1n) is 18.3. The number of methoxy groups -OCH3 is 2. The van der Waals surface area contributed by atoms with Crippen molar-refractivity contribution in [3.63, 3.8) is 0 Å². The van der Waals surface area contributed by atoms with Gasteiger partial charge in [-0.25, -0.2) is 9.36 Å². The number of para-hydroxylation sites is 4. The average molecular weight is 784 g/mol. The molecule has 0 radical (unpaired) electrons. The van der Waals surface area contributed by atoms with Gasteiger partial charge in [-0.1, -0.05) is 47.5 Å². The Morgan fingerprint density at radius 1 is 0.556 bits per heavy atom. The summed E-state index contributed by atoms with van der Waals surface area (Å²) in [6.07, 6.45) is 4.55. The molecule has 0 bridgehead atoms. The average Bonchev–Trinajstić information content (AvgIpc) is 3.20. The molecule has 6 rings (SSSR count). The van der Waals surface area contributed by atoms with Gasteiger partial charge >= 0.3 is 0 Å². The number of piperazine rings is 2. The highest BCUT2D eigenvalue weighted by Crippen LogP contribution is 2.28. The molecule has 0 unspecified atom stereocenters. The largest absolute Gasteiger partial charge is 0.493 e. The Morgan fingerprint density at radius 2 is 0.926 bits per heavy atom. The third-order valence-electron chi connectivity index (χ3n) is 9.82. The van der Waals surface area contributed by atoms with Crippen LogP contribution in [-0.4, -0.2) is 122 Å². The molecule has 290 valence electrons. The summed E-state index contributed by atoms with van der Waals surface area (Å²) in [5.74, 6) is 2.89. The number of aromatic nitrogens is 4. The third-order valence-corrected chi connectivity index (χ3v) is 10.5. The zero-order chi connectivity index (χ0) is 37.9. The van der Waals surface area contributed by atoms with Gasteiger partial charge in [-0.2, -0.15) is 10.2 Å². The molecule has 0 amide bonds. The monoisotopic (exact) mass is 782 g/mol. The maximum atomic E-state index is 13.1. The van der Waals surface area contributed by atoms with E-state index in [1.165, 1.54) is 9.36 Å². The van der Waals surface area contributed by atoms with Gasteiger partial charge in [-0.3, -0.25) is 19.4 Å². The molecule has 0 aliphatic carbocycles. The number of nitrogens with zero attached hydrogens (tertiary/aromatic N) is 8. The van der Waals surface area contributed by atoms with Crippen molar-refractivity contribution in [2.75, 3.05) is 103 Å². The van der Waals surface area contributed by atoms with E-state index in [9.17, 15) is 9.59 Å². The highest BCUT2D eigenvalue weighted by molar-refractivity contribution is 6.33. The highest BCUT2D eigenvalue weighted by Gasteiger charge is 2.23. The van der Waals surface area contributed by atoms with Crippen molar-refractivity contribution in [3.05, 3.63) is 91.7 Å². The molecule has 0 N–H and O–H groups in total. The molecule has 0 spiro atoms. The second-order valence-electron chi connectivity index (χ2n) is 13.1. The van der Waals surface area contributed by atoms with Crippen molar-refractivity contribution in [3.8, 4) is 23.0 Å². The minimum atomic E-state index is -0.325. The number of benzene rings is 2. The molecule has 2 fully saturated rings. The van der Waals surface area contributed by atoms with Gasteiger partial charge in [0, 0.05) is 78.5 Å². The van der Waals surface area contributed by atoms with Crippen LogP contribution in [0.2, 0.25) is 10.0 Å². The lowest BCUT2D eigenvalue weighted by atomic mass is 10.2. The molecule has 2 saturated heterocycles. The van der Waals surface area contributed by atoms with E-state index in [1.54, 1.807) is 26.6 Å². The maximum Gasteiger partial charge on any atom is 0.287 e. The molecule has 2 aromatic heterocycles. The maximum absolute atomic E-state index is 13.1. The van der Waals surface area contributed by atoms with Crippen LogP contribution in [-0.2, 0) is 13.1 Å². The fourth-order valence-electron chi connectivity index (χ4n) is 6.67. The minimum Gasteiger partial charge on any atom is -0.493 e. The van der Waals surface area contributed by atoms with Crippen LogP contribution in [0.5, 0.6) is 23.0 Å². The summed E-state index contributed by atoms with van der Waals surface area (Å²) in [5.41, 5.74) is 0.641. The molecule has 2 aromatic carbocycles. The summed E-state index contributed by atoms with van der Waals surface area (Å²) in [6, 6.07) is 15.2. The third kappa shape index (κ3) is 9.78. The molecule has 2 aliphatic rings. The zero-order valence-corrected chi connectivity index (χ0v) is 32.4. The van der Waals surface area contributed by atoms with Crippen molar-refractivity contribution >= 4 is 34.6 Å². The van der Waals surface area contributed by atoms with E-state index in [0.717, 1.165) is 76.9 Å². The number of halogens is 2. The lowest BCUT2D eigenvalue weighted by Crippen LogP contribution is -2.48. The lowest BCUT2D eigenvalue weighted by Gasteiger charge is -2.36. The van der Waals surface area contributed by atoms with Crippen LogP contribution in [0.1, 0.15) is 12.8 Å². The Bertz CT molecular complexity index is 1810. The van der Waals surface area contributed by atoms with Gasteiger partial charge in [-0.05, 0) is 37.1 Å². The Labute approximate surface area is 325 Å². The van der Waals surface area contributed by atoms with Gasteiger partial charge in [0.2, 0.25) is 0 Å². The van der Waals surface area contributed by atoms with Crippen LogP contribution in [0.25, 0.3) is 0 Å². The van der Waals surface area contributed by atoms with E-state index in [4.69, 9.17) is 42.1 Å². The van der Waals surface area contributed by atoms with Crippen molar-refractivity contribution in [2.24, 2.45) is 0 Å². The Kier molecular flexibility index (Phi) is 13.9. The molecule has 16 heteroatoms. The van der Waals surface area contributed by atoms with Crippen LogP contribution in [0.15, 0.2) is 70.5 Å². The standard InChI is InChI=1S/C38H48Cl2N8O6/c1-51-31-9-3-5-11-33(31)53-25-23-43-15-19-45(20-16-43)29-27-41-47(37(49)35(29)39)13-7-8-14-48-38(50)36(40)30(28-42-48)46-21-17-44(18-22-46)24-26-54-34-12-6-4-10-32(34)52-2/h3-6,9-12,27-28H,7-8,13-26H2,1-2H3. The molecule has 54 heavy (non-hydrogen) atoms. The fraction of sp³-hybridized carbons (Fsp3) is 0.474. The van der Waals surface area contributed by atoms with Gasteiger partial charge in [0.15, 0.2) is 23.0 Å². The highest BCUT2D eigenvalue weighted by atomic mass is 35.5. The van der Waals surface area contributed by atoms with Gasteiger partial charge in [0.1, 0.15) is 23.3 Å². The summed E-state index contributed by atoms with van der Waals surface area (Å²) in [4.78, 5) is 35.1. The van der Waals surface area contributed by atoms with E-state index in [1.807, 2.05) is 48.5 Å². The smallest absolute Gasteiger partial charge is 0.287 e. The first kappa shape index (κ1) is 39.2. The van der Waals surface area contributed by atoms with Crippen molar-refractivity contribution in [1.29, 1.82) is 0 Å². The number of hydrogen-bond donors (Lipinski definition) is 0. The van der Waals surface area contributed by atoms with E-state index < -0.39 is 0 Å². The summed E-state index contributed by atoms with van der Waals surface area (Å²) in [7, 11) is 3.26. The predicted octanol–water partition coefficient (Wildman–Crippen LogP) is 4.01. The van der Waals surface area contributed by atoms with Crippen LogP contribution in [0, 0.1) is 0 Å². The molecule has 14 nitrogen and oxygen atoms in total. The van der Waals surface area contributed by atoms with E-state index in [0.29, 0.717) is 62.0 Å². The summed E-state index contributed by atoms with van der Waals surface area (Å²) >= 11 is 13.2. The summed E-state index contributed by atoms with van der Waals surface area (Å²) < 4.78 is 25.3. The minimum absolute atomic E-state index is 0.167. The molecule has 0 atom stereocenters. The van der Waals surface area contributed by atoms with Crippen LogP contribution < -0.4 is 39.9 Å². The normalized spacial score (nSPS) is 15.3. The second-order valence-corrected chi connectivity index (χ2v) is 13.9. The van der Waals surface area contributed by atoms with Crippen LogP contribution >= 0.6 is 23.2 Å². The zero-order valence-electron chi connectivity index (χ0n) is 30.9. The molecular weight excluding hydrogens is 735 g/mol. The second kappa shape index (κ2) is 19.2. The SMILES string of the molecule is COc1ccccc1OCCN1CCN(c2cnn(CCCCn3ncc(N4CCN(CCOc5ccccc5OC)CC4)c(Cl)c3=O)c(=O)c2Cl)CC1. The lowest BCUT2D eigenvalue weighted by molar-refractivity contribution is 0.197. The summed E-state index contributed by atoms with van der Waals surface area (Å²) in [5, 5.41) is 9.18. The van der Waals surface area contributed by atoms with Gasteiger partial charge < -0.3 is 28.7 Å². The fourth-order valence-corrected chi connectivity index (χ4v) is 7.20. The van der Waals surface area contributed by atoms with Crippen LogP contribution in [0.3, 0.4) is 0 Å². The molecule has 4 aromatic rings. The number of hydrogen-bond acceptors (Lipinski definition) is 12. The van der Waals surface area contributed by atoms with Crippen molar-refractivity contribution in [1.82, 2.24) is 29.4 Å². The number of rotatable bonds is 17. The molecule has 4 heterocycles. The van der Waals surface area contributed by atoms with Gasteiger partial charge in [0.05, 0.1) is 38.0 Å². The van der Waals surface area contributed by atoms with E-state index >= 15 is 0 Å². The molecule has 2 aliphatic heterocycles. The quantitative estimate of drug-likeness (QED) is 0.144. The van der Waals surface area contributed by atoms with Crippen molar-refractivity contribution in [2.45, 2.75) is 25.9 Å².